The zero-order valence-electron chi connectivity index (χ0n) is 13.4. The SMILES string of the molecule is CCSc1nnc([C@H]2CCC[NH+](Cc3ccco3)C2)n1CC. The molecular formula is C16H25N4OS+. The van der Waals surface area contributed by atoms with E-state index in [4.69, 9.17) is 4.42 Å². The Morgan fingerprint density at radius 1 is 1.41 bits per heavy atom. The first-order valence-corrected chi connectivity index (χ1v) is 9.22. The van der Waals surface area contributed by atoms with Crippen molar-refractivity contribution in [2.45, 2.75) is 50.9 Å². The highest BCUT2D eigenvalue weighted by Gasteiger charge is 2.29. The molecule has 1 fully saturated rings. The van der Waals surface area contributed by atoms with E-state index < -0.39 is 0 Å². The Bertz CT molecular complexity index is 581. The van der Waals surface area contributed by atoms with Crippen LogP contribution in [-0.4, -0.2) is 33.6 Å². The normalized spacial score (nSPS) is 22.1. The maximum atomic E-state index is 5.50. The molecule has 3 heterocycles. The summed E-state index contributed by atoms with van der Waals surface area (Å²) < 4.78 is 7.80. The Morgan fingerprint density at radius 3 is 3.05 bits per heavy atom. The van der Waals surface area contributed by atoms with Crippen molar-refractivity contribution in [2.24, 2.45) is 0 Å². The van der Waals surface area contributed by atoms with Gasteiger partial charge in [-0.3, -0.25) is 0 Å². The number of piperidine rings is 1. The number of quaternary nitrogens is 1. The summed E-state index contributed by atoms with van der Waals surface area (Å²) in [5, 5.41) is 9.98. The first kappa shape index (κ1) is 15.6. The van der Waals surface area contributed by atoms with Gasteiger partial charge in [0, 0.05) is 6.54 Å². The monoisotopic (exact) mass is 321 g/mol. The molecule has 0 amide bonds. The quantitative estimate of drug-likeness (QED) is 0.827. The lowest BCUT2D eigenvalue weighted by atomic mass is 9.97. The fourth-order valence-corrected chi connectivity index (χ4v) is 4.06. The topological polar surface area (TPSA) is 48.3 Å². The summed E-state index contributed by atoms with van der Waals surface area (Å²) in [5.41, 5.74) is 0. The molecule has 6 heteroatoms. The van der Waals surface area contributed by atoms with Crippen LogP contribution in [0.25, 0.3) is 0 Å². The van der Waals surface area contributed by atoms with Gasteiger partial charge in [0.1, 0.15) is 12.4 Å². The fourth-order valence-electron chi connectivity index (χ4n) is 3.33. The molecule has 1 unspecified atom stereocenters. The molecule has 5 nitrogen and oxygen atoms in total. The van der Waals surface area contributed by atoms with Crippen LogP contribution < -0.4 is 4.90 Å². The zero-order valence-corrected chi connectivity index (χ0v) is 14.2. The second-order valence-electron chi connectivity index (χ2n) is 5.82. The van der Waals surface area contributed by atoms with Crippen molar-refractivity contribution in [2.75, 3.05) is 18.8 Å². The minimum absolute atomic E-state index is 0.511. The van der Waals surface area contributed by atoms with Crippen LogP contribution >= 0.6 is 11.8 Å². The number of furan rings is 1. The third kappa shape index (κ3) is 3.38. The maximum absolute atomic E-state index is 5.50. The maximum Gasteiger partial charge on any atom is 0.191 e. The van der Waals surface area contributed by atoms with Crippen LogP contribution in [0.3, 0.4) is 0 Å². The van der Waals surface area contributed by atoms with E-state index in [0.29, 0.717) is 5.92 Å². The Hall–Kier alpha value is -1.27. The van der Waals surface area contributed by atoms with E-state index in [1.54, 1.807) is 22.9 Å². The molecule has 1 aliphatic heterocycles. The summed E-state index contributed by atoms with van der Waals surface area (Å²) in [5.74, 6) is 3.81. The predicted molar refractivity (Wildman–Crippen MR) is 87.2 cm³/mol. The van der Waals surface area contributed by atoms with E-state index in [0.717, 1.165) is 36.3 Å². The second-order valence-corrected chi connectivity index (χ2v) is 7.05. The minimum Gasteiger partial charge on any atom is -0.463 e. The average Bonchev–Trinajstić information content (AvgIpc) is 3.17. The molecule has 2 atom stereocenters. The van der Waals surface area contributed by atoms with Crippen molar-refractivity contribution in [3.05, 3.63) is 30.0 Å². The average molecular weight is 321 g/mol. The molecule has 2 aromatic heterocycles. The second kappa shape index (κ2) is 7.33. The van der Waals surface area contributed by atoms with Crippen molar-refractivity contribution in [3.63, 3.8) is 0 Å². The summed E-state index contributed by atoms with van der Waals surface area (Å²) in [6.45, 7) is 8.61. The van der Waals surface area contributed by atoms with E-state index in [9.17, 15) is 0 Å². The highest BCUT2D eigenvalue weighted by Crippen LogP contribution is 2.24. The molecule has 0 radical (unpaired) electrons. The van der Waals surface area contributed by atoms with Crippen LogP contribution in [0.5, 0.6) is 0 Å². The third-order valence-corrected chi connectivity index (χ3v) is 5.17. The van der Waals surface area contributed by atoms with Gasteiger partial charge in [-0.2, -0.15) is 0 Å². The Kier molecular flexibility index (Phi) is 5.20. The molecule has 3 rings (SSSR count). The van der Waals surface area contributed by atoms with Gasteiger partial charge in [-0.15, -0.1) is 10.2 Å². The van der Waals surface area contributed by atoms with E-state index >= 15 is 0 Å². The van der Waals surface area contributed by atoms with Crippen LogP contribution in [0.2, 0.25) is 0 Å². The fraction of sp³-hybridized carbons (Fsp3) is 0.625. The van der Waals surface area contributed by atoms with Crippen LogP contribution in [0.4, 0.5) is 0 Å². The third-order valence-electron chi connectivity index (χ3n) is 4.32. The number of thioether (sulfide) groups is 1. The number of rotatable bonds is 6. The zero-order chi connectivity index (χ0) is 15.4. The first-order valence-electron chi connectivity index (χ1n) is 8.23. The molecule has 0 aromatic carbocycles. The molecule has 1 N–H and O–H groups in total. The van der Waals surface area contributed by atoms with E-state index in [1.165, 1.54) is 25.2 Å². The van der Waals surface area contributed by atoms with Gasteiger partial charge in [0.25, 0.3) is 0 Å². The highest BCUT2D eigenvalue weighted by molar-refractivity contribution is 7.99. The van der Waals surface area contributed by atoms with Gasteiger partial charge in [0.2, 0.25) is 0 Å². The number of aromatic nitrogens is 3. The smallest absolute Gasteiger partial charge is 0.191 e. The molecule has 1 aliphatic rings. The number of hydrogen-bond donors (Lipinski definition) is 1. The Morgan fingerprint density at radius 2 is 2.32 bits per heavy atom. The van der Waals surface area contributed by atoms with Gasteiger partial charge in [0.05, 0.1) is 25.3 Å². The largest absolute Gasteiger partial charge is 0.463 e. The van der Waals surface area contributed by atoms with Gasteiger partial charge in [0.15, 0.2) is 10.9 Å². The summed E-state index contributed by atoms with van der Waals surface area (Å²) in [4.78, 5) is 1.58. The minimum atomic E-state index is 0.511. The van der Waals surface area contributed by atoms with Gasteiger partial charge in [-0.05, 0) is 37.7 Å². The molecule has 0 spiro atoms. The van der Waals surface area contributed by atoms with E-state index in [1.807, 2.05) is 6.07 Å². The molecule has 2 aromatic rings. The van der Waals surface area contributed by atoms with Crippen LogP contribution in [-0.2, 0) is 13.1 Å². The van der Waals surface area contributed by atoms with Gasteiger partial charge >= 0.3 is 0 Å². The molecule has 120 valence electrons. The molecule has 0 aliphatic carbocycles. The van der Waals surface area contributed by atoms with Crippen LogP contribution in [0, 0.1) is 0 Å². The molecule has 0 saturated carbocycles. The number of nitrogens with zero attached hydrogens (tertiary/aromatic N) is 3. The summed E-state index contributed by atoms with van der Waals surface area (Å²) in [7, 11) is 0. The standard InChI is InChI=1S/C16H24N4OS/c1-3-20-15(17-18-16(20)22-4-2)13-7-5-9-19(11-13)12-14-8-6-10-21-14/h6,8,10,13H,3-5,7,9,11-12H2,1-2H3/p+1/t13-/m0/s1. The first-order chi connectivity index (χ1) is 10.8. The summed E-state index contributed by atoms with van der Waals surface area (Å²) >= 11 is 1.78. The number of likely N-dealkylation sites (tertiary alicyclic amines) is 1. The van der Waals surface area contributed by atoms with Gasteiger partial charge < -0.3 is 13.9 Å². The van der Waals surface area contributed by atoms with Crippen molar-refractivity contribution in [1.82, 2.24) is 14.8 Å². The van der Waals surface area contributed by atoms with Crippen molar-refractivity contribution in [1.29, 1.82) is 0 Å². The Balaban J connectivity index is 1.71. The molecule has 1 saturated heterocycles. The highest BCUT2D eigenvalue weighted by atomic mass is 32.2. The van der Waals surface area contributed by atoms with Crippen LogP contribution in [0.15, 0.2) is 28.0 Å². The van der Waals surface area contributed by atoms with E-state index in [2.05, 4.69) is 34.7 Å². The van der Waals surface area contributed by atoms with E-state index in [-0.39, 0.29) is 0 Å². The number of hydrogen-bond acceptors (Lipinski definition) is 4. The Labute approximate surface area is 136 Å². The van der Waals surface area contributed by atoms with Crippen LogP contribution in [0.1, 0.15) is 44.2 Å². The van der Waals surface area contributed by atoms with Crippen molar-refractivity contribution < 1.29 is 9.32 Å². The summed E-state index contributed by atoms with van der Waals surface area (Å²) in [6.07, 6.45) is 4.22. The van der Waals surface area contributed by atoms with Gasteiger partial charge in [-0.25, -0.2) is 0 Å². The lowest BCUT2D eigenvalue weighted by Gasteiger charge is -2.29. The van der Waals surface area contributed by atoms with Crippen molar-refractivity contribution in [3.8, 4) is 0 Å². The van der Waals surface area contributed by atoms with Gasteiger partial charge in [-0.1, -0.05) is 18.7 Å². The summed E-state index contributed by atoms with van der Waals surface area (Å²) in [6, 6.07) is 4.04. The lowest BCUT2D eigenvalue weighted by molar-refractivity contribution is -0.921. The number of nitrogens with one attached hydrogen (secondary N) is 1. The molecular weight excluding hydrogens is 296 g/mol. The van der Waals surface area contributed by atoms with Crippen molar-refractivity contribution >= 4 is 11.8 Å². The molecule has 22 heavy (non-hydrogen) atoms. The predicted octanol–water partition coefficient (Wildman–Crippen LogP) is 1.97. The lowest BCUT2D eigenvalue weighted by Crippen LogP contribution is -3.12. The molecule has 0 bridgehead atoms.